The lowest BCUT2D eigenvalue weighted by Crippen LogP contribution is -2.43. The zero-order valence-corrected chi connectivity index (χ0v) is 21.1. The van der Waals surface area contributed by atoms with E-state index in [1.54, 1.807) is 0 Å². The molecule has 35 heavy (non-hydrogen) atoms. The molecule has 3 rings (SSSR count). The Labute approximate surface area is 208 Å². The third kappa shape index (κ3) is 7.72. The number of rotatable bonds is 11. The number of carbonyl (C=O) groups is 1. The molecule has 5 heteroatoms. The average Bonchev–Trinajstić information content (AvgIpc) is 2.82. The van der Waals surface area contributed by atoms with E-state index in [0.717, 1.165) is 12.5 Å². The molecule has 2 N–H and O–H groups in total. The SMILES string of the molecule is CCC(C)c1ccc(-c2ccccc2)c(CNC[C@@H](C)[C@H](Cc2cc(F)cc(F)c2)NC(C)=O)c1. The van der Waals surface area contributed by atoms with Crippen LogP contribution in [0.5, 0.6) is 0 Å². The molecule has 0 saturated carbocycles. The van der Waals surface area contributed by atoms with E-state index in [9.17, 15) is 13.6 Å². The molecule has 0 fully saturated rings. The Morgan fingerprint density at radius 3 is 2.26 bits per heavy atom. The molecule has 0 aromatic heterocycles. The van der Waals surface area contributed by atoms with E-state index in [4.69, 9.17) is 0 Å². The second-order valence-corrected chi connectivity index (χ2v) is 9.49. The van der Waals surface area contributed by atoms with E-state index in [1.165, 1.54) is 41.3 Å². The molecule has 3 atom stereocenters. The van der Waals surface area contributed by atoms with E-state index in [2.05, 4.69) is 54.8 Å². The van der Waals surface area contributed by atoms with Gasteiger partial charge in [0, 0.05) is 25.6 Å². The Bertz CT molecular complexity index is 1100. The number of carbonyl (C=O) groups excluding carboxylic acids is 1. The highest BCUT2D eigenvalue weighted by Crippen LogP contribution is 2.28. The molecular formula is C30H36F2N2O. The first-order chi connectivity index (χ1) is 16.8. The molecule has 0 aliphatic rings. The maximum atomic E-state index is 13.7. The highest BCUT2D eigenvalue weighted by atomic mass is 19.1. The fraction of sp³-hybridized carbons (Fsp3) is 0.367. The van der Waals surface area contributed by atoms with Gasteiger partial charge in [-0.3, -0.25) is 4.79 Å². The molecule has 0 aliphatic carbocycles. The highest BCUT2D eigenvalue weighted by Gasteiger charge is 2.20. The van der Waals surface area contributed by atoms with Crippen molar-refractivity contribution >= 4 is 5.91 Å². The van der Waals surface area contributed by atoms with Gasteiger partial charge in [-0.25, -0.2) is 8.78 Å². The van der Waals surface area contributed by atoms with Gasteiger partial charge in [-0.1, -0.05) is 69.3 Å². The third-order valence-electron chi connectivity index (χ3n) is 6.63. The average molecular weight is 479 g/mol. The predicted octanol–water partition coefficient (Wildman–Crippen LogP) is 6.62. The van der Waals surface area contributed by atoms with Crippen LogP contribution >= 0.6 is 0 Å². The van der Waals surface area contributed by atoms with Crippen LogP contribution in [-0.4, -0.2) is 18.5 Å². The highest BCUT2D eigenvalue weighted by molar-refractivity contribution is 5.73. The zero-order chi connectivity index (χ0) is 25.4. The van der Waals surface area contributed by atoms with Gasteiger partial charge in [0.15, 0.2) is 0 Å². The van der Waals surface area contributed by atoms with Crippen molar-refractivity contribution in [2.75, 3.05) is 6.54 Å². The maximum Gasteiger partial charge on any atom is 0.217 e. The molecule has 0 radical (unpaired) electrons. The Kier molecular flexibility index (Phi) is 9.55. The number of amides is 1. The fourth-order valence-electron chi connectivity index (χ4n) is 4.42. The summed E-state index contributed by atoms with van der Waals surface area (Å²) in [5.41, 5.74) is 5.45. The maximum absolute atomic E-state index is 13.7. The van der Waals surface area contributed by atoms with Gasteiger partial charge in [0.05, 0.1) is 0 Å². The fourth-order valence-corrected chi connectivity index (χ4v) is 4.42. The first-order valence-electron chi connectivity index (χ1n) is 12.4. The summed E-state index contributed by atoms with van der Waals surface area (Å²) in [7, 11) is 0. The van der Waals surface area contributed by atoms with Crippen molar-refractivity contribution in [1.82, 2.24) is 10.6 Å². The van der Waals surface area contributed by atoms with Crippen molar-refractivity contribution in [2.24, 2.45) is 5.92 Å². The molecular weight excluding hydrogens is 442 g/mol. The van der Waals surface area contributed by atoms with Gasteiger partial charge < -0.3 is 10.6 Å². The van der Waals surface area contributed by atoms with E-state index in [0.29, 0.717) is 31.0 Å². The lowest BCUT2D eigenvalue weighted by molar-refractivity contribution is -0.120. The summed E-state index contributed by atoms with van der Waals surface area (Å²) in [6, 6.07) is 20.3. The first kappa shape index (κ1) is 26.6. The molecule has 3 aromatic carbocycles. The van der Waals surface area contributed by atoms with Crippen LogP contribution in [0.15, 0.2) is 66.7 Å². The second kappa shape index (κ2) is 12.6. The van der Waals surface area contributed by atoms with Gasteiger partial charge in [0.25, 0.3) is 0 Å². The number of benzene rings is 3. The lowest BCUT2D eigenvalue weighted by Gasteiger charge is -2.26. The molecule has 3 aromatic rings. The Hall–Kier alpha value is -3.05. The molecule has 186 valence electrons. The predicted molar refractivity (Wildman–Crippen MR) is 139 cm³/mol. The number of hydrogen-bond acceptors (Lipinski definition) is 2. The summed E-state index contributed by atoms with van der Waals surface area (Å²) in [6.45, 7) is 9.26. The third-order valence-corrected chi connectivity index (χ3v) is 6.63. The van der Waals surface area contributed by atoms with E-state index >= 15 is 0 Å². The van der Waals surface area contributed by atoms with Gasteiger partial charge in [-0.15, -0.1) is 0 Å². The smallest absolute Gasteiger partial charge is 0.217 e. The summed E-state index contributed by atoms with van der Waals surface area (Å²) < 4.78 is 27.4. The zero-order valence-electron chi connectivity index (χ0n) is 21.1. The van der Waals surface area contributed by atoms with Crippen LogP contribution < -0.4 is 10.6 Å². The minimum atomic E-state index is -0.609. The molecule has 0 saturated heterocycles. The van der Waals surface area contributed by atoms with Crippen LogP contribution in [0.25, 0.3) is 11.1 Å². The standard InChI is InChI=1S/C30H36F2N2O/c1-5-20(2)25-11-12-29(24-9-7-6-8-10-24)26(16-25)19-33-18-21(3)30(34-22(4)35)15-23-13-27(31)17-28(32)14-23/h6-14,16-17,20-21,30,33H,5,15,18-19H2,1-4H3,(H,34,35)/t20?,21-,30+/m1/s1. The Balaban J connectivity index is 1.74. The van der Waals surface area contributed by atoms with Crippen molar-refractivity contribution in [3.05, 3.63) is 95.1 Å². The van der Waals surface area contributed by atoms with Crippen LogP contribution in [0.1, 0.15) is 56.7 Å². The second-order valence-electron chi connectivity index (χ2n) is 9.49. The number of hydrogen-bond donors (Lipinski definition) is 2. The lowest BCUT2D eigenvalue weighted by atomic mass is 9.91. The van der Waals surface area contributed by atoms with Crippen molar-refractivity contribution in [2.45, 2.75) is 59.0 Å². The number of nitrogens with one attached hydrogen (secondary N) is 2. The molecule has 1 amide bonds. The van der Waals surface area contributed by atoms with Crippen LogP contribution in [0.4, 0.5) is 8.78 Å². The number of halogens is 2. The largest absolute Gasteiger partial charge is 0.353 e. The van der Waals surface area contributed by atoms with Crippen molar-refractivity contribution in [1.29, 1.82) is 0 Å². The normalized spacial score (nSPS) is 13.8. The van der Waals surface area contributed by atoms with Crippen LogP contribution in [0.3, 0.4) is 0 Å². The van der Waals surface area contributed by atoms with Gasteiger partial charge in [-0.05, 0) is 71.2 Å². The summed E-state index contributed by atoms with van der Waals surface area (Å²) in [5, 5.41) is 6.52. The van der Waals surface area contributed by atoms with E-state index in [-0.39, 0.29) is 17.9 Å². The summed E-state index contributed by atoms with van der Waals surface area (Å²) in [4.78, 5) is 11.8. The van der Waals surface area contributed by atoms with Crippen LogP contribution in [-0.2, 0) is 17.8 Å². The van der Waals surface area contributed by atoms with Gasteiger partial charge in [0.2, 0.25) is 5.91 Å². The van der Waals surface area contributed by atoms with Crippen molar-refractivity contribution < 1.29 is 13.6 Å². The van der Waals surface area contributed by atoms with Crippen molar-refractivity contribution in [3.8, 4) is 11.1 Å². The topological polar surface area (TPSA) is 41.1 Å². The molecule has 0 heterocycles. The minimum Gasteiger partial charge on any atom is -0.353 e. The van der Waals surface area contributed by atoms with Gasteiger partial charge >= 0.3 is 0 Å². The van der Waals surface area contributed by atoms with Crippen molar-refractivity contribution in [3.63, 3.8) is 0 Å². The molecule has 0 aliphatic heterocycles. The Morgan fingerprint density at radius 2 is 1.63 bits per heavy atom. The monoisotopic (exact) mass is 478 g/mol. The van der Waals surface area contributed by atoms with Gasteiger partial charge in [-0.2, -0.15) is 0 Å². The minimum absolute atomic E-state index is 0.0446. The summed E-state index contributed by atoms with van der Waals surface area (Å²) in [6.07, 6.45) is 1.43. The molecule has 0 spiro atoms. The molecule has 3 nitrogen and oxygen atoms in total. The summed E-state index contributed by atoms with van der Waals surface area (Å²) in [5.74, 6) is -0.855. The molecule has 1 unspecified atom stereocenters. The van der Waals surface area contributed by atoms with Crippen LogP contribution in [0.2, 0.25) is 0 Å². The quantitative estimate of drug-likeness (QED) is 0.325. The first-order valence-corrected chi connectivity index (χ1v) is 12.4. The summed E-state index contributed by atoms with van der Waals surface area (Å²) >= 11 is 0. The van der Waals surface area contributed by atoms with E-state index < -0.39 is 11.6 Å². The van der Waals surface area contributed by atoms with Gasteiger partial charge in [0.1, 0.15) is 11.6 Å². The molecule has 0 bridgehead atoms. The Morgan fingerprint density at radius 1 is 0.943 bits per heavy atom. The van der Waals surface area contributed by atoms with E-state index in [1.807, 2.05) is 25.1 Å². The van der Waals surface area contributed by atoms with Crippen LogP contribution in [0, 0.1) is 17.6 Å².